The molecule has 2 unspecified atom stereocenters. The van der Waals surface area contributed by atoms with Crippen LogP contribution in [-0.4, -0.2) is 41.8 Å². The van der Waals surface area contributed by atoms with E-state index in [1.807, 2.05) is 36.4 Å². The van der Waals surface area contributed by atoms with Crippen molar-refractivity contribution in [2.24, 2.45) is 0 Å². The number of aliphatic hydroxyl groups is 1. The van der Waals surface area contributed by atoms with Crippen LogP contribution in [0.4, 0.5) is 0 Å². The van der Waals surface area contributed by atoms with Gasteiger partial charge in [-0.05, 0) is 73.7 Å². The molecule has 0 spiro atoms. The van der Waals surface area contributed by atoms with Crippen molar-refractivity contribution in [3.63, 3.8) is 0 Å². The van der Waals surface area contributed by atoms with Gasteiger partial charge in [0.25, 0.3) is 0 Å². The molecule has 2 aromatic heterocycles. The molecule has 3 aromatic rings. The second-order valence-electron chi connectivity index (χ2n) is 7.61. The first-order valence-corrected chi connectivity index (χ1v) is 11.4. The number of aliphatic hydroxyl groups excluding tert-OH is 1. The molecular weight excluding hydrogens is 404 g/mol. The summed E-state index contributed by atoms with van der Waals surface area (Å²) in [4.78, 5) is 3.80. The van der Waals surface area contributed by atoms with Crippen molar-refractivity contribution in [2.75, 3.05) is 19.7 Å². The smallest absolute Gasteiger partial charge is 0.134 e. The highest BCUT2D eigenvalue weighted by atomic mass is 35.5. The monoisotopic (exact) mass is 430 g/mol. The summed E-state index contributed by atoms with van der Waals surface area (Å²) in [7, 11) is 0. The van der Waals surface area contributed by atoms with Crippen LogP contribution >= 0.6 is 22.9 Å². The third-order valence-corrected chi connectivity index (χ3v) is 6.70. The lowest BCUT2D eigenvalue weighted by Gasteiger charge is -2.28. The number of benzene rings is 1. The van der Waals surface area contributed by atoms with Crippen molar-refractivity contribution in [1.82, 2.24) is 10.2 Å². The van der Waals surface area contributed by atoms with E-state index in [0.717, 1.165) is 48.0 Å². The molecule has 0 amide bonds. The number of nitrogens with one attached hydrogen (secondary N) is 1. The highest BCUT2D eigenvalue weighted by Crippen LogP contribution is 2.24. The zero-order valence-electron chi connectivity index (χ0n) is 16.4. The maximum Gasteiger partial charge on any atom is 0.134 e. The van der Waals surface area contributed by atoms with Gasteiger partial charge in [-0.2, -0.15) is 0 Å². The summed E-state index contributed by atoms with van der Waals surface area (Å²) >= 11 is 7.78. The molecule has 1 fully saturated rings. The molecule has 4 rings (SSSR count). The topological polar surface area (TPSA) is 48.6 Å². The van der Waals surface area contributed by atoms with E-state index in [4.69, 9.17) is 16.0 Å². The zero-order chi connectivity index (χ0) is 20.1. The lowest BCUT2D eigenvalue weighted by Crippen LogP contribution is -2.44. The van der Waals surface area contributed by atoms with E-state index in [0.29, 0.717) is 18.6 Å². The Balaban J connectivity index is 1.40. The van der Waals surface area contributed by atoms with Gasteiger partial charge in [0.2, 0.25) is 0 Å². The summed E-state index contributed by atoms with van der Waals surface area (Å²) in [6, 6.07) is 16.6. The number of hydrogen-bond acceptors (Lipinski definition) is 5. The minimum absolute atomic E-state index is 0.244. The first-order chi connectivity index (χ1) is 14.2. The van der Waals surface area contributed by atoms with Crippen molar-refractivity contribution in [1.29, 1.82) is 0 Å². The number of furan rings is 1. The summed E-state index contributed by atoms with van der Waals surface area (Å²) in [6.07, 6.45) is 3.24. The molecule has 0 aliphatic carbocycles. The fourth-order valence-corrected chi connectivity index (χ4v) is 4.90. The van der Waals surface area contributed by atoms with E-state index in [9.17, 15) is 5.11 Å². The third kappa shape index (κ3) is 5.50. The summed E-state index contributed by atoms with van der Waals surface area (Å²) in [5, 5.41) is 16.2. The molecule has 2 atom stereocenters. The maximum absolute atomic E-state index is 9.66. The van der Waals surface area contributed by atoms with E-state index in [2.05, 4.69) is 27.7 Å². The fourth-order valence-electron chi connectivity index (χ4n) is 3.99. The molecule has 1 aliphatic rings. The second-order valence-corrected chi connectivity index (χ2v) is 9.08. The third-order valence-electron chi connectivity index (χ3n) is 5.55. The quantitative estimate of drug-likeness (QED) is 0.511. The summed E-state index contributed by atoms with van der Waals surface area (Å²) in [6.45, 7) is 2.93. The molecular formula is C23H27ClN2O2S. The van der Waals surface area contributed by atoms with Crippen LogP contribution in [0.2, 0.25) is 5.02 Å². The van der Waals surface area contributed by atoms with Gasteiger partial charge >= 0.3 is 0 Å². The van der Waals surface area contributed by atoms with E-state index in [-0.39, 0.29) is 6.61 Å². The van der Waals surface area contributed by atoms with Crippen molar-refractivity contribution < 1.29 is 9.52 Å². The van der Waals surface area contributed by atoms with E-state index < -0.39 is 0 Å². The maximum atomic E-state index is 9.66. The van der Waals surface area contributed by atoms with Gasteiger partial charge in [0, 0.05) is 34.1 Å². The lowest BCUT2D eigenvalue weighted by atomic mass is 10.1. The SMILES string of the molecule is OCC1CCCN1CC(Cc1cccs1)NCc1ccc(-c2ccc(Cl)cc2)o1. The van der Waals surface area contributed by atoms with Crippen LogP contribution in [0.15, 0.2) is 58.3 Å². The second kappa shape index (κ2) is 9.92. The normalized spacial score (nSPS) is 18.3. The number of rotatable bonds is 9. The molecule has 0 bridgehead atoms. The number of halogens is 1. The Labute approximate surface area is 181 Å². The number of nitrogens with zero attached hydrogens (tertiary/aromatic N) is 1. The number of thiophene rings is 1. The largest absolute Gasteiger partial charge is 0.460 e. The lowest BCUT2D eigenvalue weighted by molar-refractivity contribution is 0.147. The van der Waals surface area contributed by atoms with Gasteiger partial charge in [-0.25, -0.2) is 0 Å². The molecule has 154 valence electrons. The Kier molecular flexibility index (Phi) is 7.06. The van der Waals surface area contributed by atoms with Gasteiger partial charge in [0.15, 0.2) is 0 Å². The Morgan fingerprint density at radius 2 is 2.07 bits per heavy atom. The van der Waals surface area contributed by atoms with Crippen LogP contribution in [0.3, 0.4) is 0 Å². The van der Waals surface area contributed by atoms with Crippen LogP contribution in [0.1, 0.15) is 23.5 Å². The molecule has 0 saturated carbocycles. The molecule has 29 heavy (non-hydrogen) atoms. The summed E-state index contributed by atoms with van der Waals surface area (Å²) in [5.41, 5.74) is 1.03. The first-order valence-electron chi connectivity index (χ1n) is 10.2. The standard InChI is InChI=1S/C23H27ClN2O2S/c24-18-7-5-17(6-8-18)23-10-9-21(28-23)14-25-19(13-22-4-2-12-29-22)15-26-11-1-3-20(26)16-27/h2,4-10,12,19-20,25,27H,1,3,11,13-16H2. The molecule has 1 saturated heterocycles. The Morgan fingerprint density at radius 1 is 1.21 bits per heavy atom. The Bertz CT molecular complexity index is 879. The van der Waals surface area contributed by atoms with Crippen LogP contribution in [0.5, 0.6) is 0 Å². The van der Waals surface area contributed by atoms with E-state index in [1.165, 1.54) is 11.3 Å². The van der Waals surface area contributed by atoms with Crippen molar-refractivity contribution >= 4 is 22.9 Å². The first kappa shape index (κ1) is 20.6. The highest BCUT2D eigenvalue weighted by molar-refractivity contribution is 7.09. The van der Waals surface area contributed by atoms with Crippen molar-refractivity contribution in [2.45, 2.75) is 37.9 Å². The Morgan fingerprint density at radius 3 is 2.83 bits per heavy atom. The fraction of sp³-hybridized carbons (Fsp3) is 0.391. The van der Waals surface area contributed by atoms with Gasteiger partial charge in [0.05, 0.1) is 13.2 Å². The summed E-state index contributed by atoms with van der Waals surface area (Å²) in [5.74, 6) is 1.78. The summed E-state index contributed by atoms with van der Waals surface area (Å²) < 4.78 is 6.05. The van der Waals surface area contributed by atoms with E-state index >= 15 is 0 Å². The van der Waals surface area contributed by atoms with Gasteiger partial charge in [-0.15, -0.1) is 11.3 Å². The van der Waals surface area contributed by atoms with Gasteiger partial charge < -0.3 is 14.8 Å². The minimum atomic E-state index is 0.244. The van der Waals surface area contributed by atoms with E-state index in [1.54, 1.807) is 11.3 Å². The van der Waals surface area contributed by atoms with Gasteiger partial charge in [0.1, 0.15) is 11.5 Å². The predicted molar refractivity (Wildman–Crippen MR) is 119 cm³/mol. The van der Waals surface area contributed by atoms with Crippen molar-refractivity contribution in [3.05, 3.63) is 69.6 Å². The van der Waals surface area contributed by atoms with Crippen LogP contribution in [0.25, 0.3) is 11.3 Å². The molecule has 0 radical (unpaired) electrons. The molecule has 2 N–H and O–H groups in total. The average molecular weight is 431 g/mol. The van der Waals surface area contributed by atoms with Crippen LogP contribution in [-0.2, 0) is 13.0 Å². The predicted octanol–water partition coefficient (Wildman–Crippen LogP) is 4.82. The number of likely N-dealkylation sites (tertiary alicyclic amines) is 1. The highest BCUT2D eigenvalue weighted by Gasteiger charge is 2.26. The molecule has 3 heterocycles. The molecule has 1 aromatic carbocycles. The Hall–Kier alpha value is -1.63. The zero-order valence-corrected chi connectivity index (χ0v) is 18.0. The molecule has 1 aliphatic heterocycles. The molecule has 6 heteroatoms. The number of hydrogen-bond donors (Lipinski definition) is 2. The van der Waals surface area contributed by atoms with Gasteiger partial charge in [-0.1, -0.05) is 17.7 Å². The van der Waals surface area contributed by atoms with Crippen LogP contribution in [0, 0.1) is 0 Å². The molecule has 4 nitrogen and oxygen atoms in total. The minimum Gasteiger partial charge on any atom is -0.460 e. The van der Waals surface area contributed by atoms with Crippen LogP contribution < -0.4 is 5.32 Å². The van der Waals surface area contributed by atoms with Crippen molar-refractivity contribution in [3.8, 4) is 11.3 Å². The average Bonchev–Trinajstić information content (AvgIpc) is 3.49. The van der Waals surface area contributed by atoms with Gasteiger partial charge in [-0.3, -0.25) is 4.90 Å².